The smallest absolute Gasteiger partial charge is 0.320 e. The molecule has 0 bridgehead atoms. The lowest BCUT2D eigenvalue weighted by Crippen LogP contribution is -2.60. The summed E-state index contributed by atoms with van der Waals surface area (Å²) in [5.74, 6) is -0.504. The van der Waals surface area contributed by atoms with Crippen LogP contribution in [0.3, 0.4) is 0 Å². The number of nitrogens with one attached hydrogen (secondary N) is 3. The Bertz CT molecular complexity index is 1410. The Kier molecular flexibility index (Phi) is 8.91. The second-order valence-corrected chi connectivity index (χ2v) is 10.5. The van der Waals surface area contributed by atoms with Gasteiger partial charge in [0.1, 0.15) is 5.54 Å². The molecule has 12 nitrogen and oxygen atoms in total. The highest BCUT2D eigenvalue weighted by atomic mass is 16.6. The second-order valence-electron chi connectivity index (χ2n) is 10.5. The summed E-state index contributed by atoms with van der Waals surface area (Å²) in [6.07, 6.45) is 6.36. The van der Waals surface area contributed by atoms with E-state index in [2.05, 4.69) is 20.9 Å². The minimum atomic E-state index is -1.59. The molecule has 0 radical (unpaired) electrons. The zero-order chi connectivity index (χ0) is 29.5. The van der Waals surface area contributed by atoms with Gasteiger partial charge < -0.3 is 16.0 Å². The van der Waals surface area contributed by atoms with Crippen molar-refractivity contribution >= 4 is 29.0 Å². The van der Waals surface area contributed by atoms with E-state index in [-0.39, 0.29) is 34.5 Å². The van der Waals surface area contributed by atoms with Crippen molar-refractivity contribution < 1.29 is 19.4 Å². The minimum absolute atomic E-state index is 0.138. The predicted molar refractivity (Wildman–Crippen MR) is 152 cm³/mol. The predicted octanol–water partition coefficient (Wildman–Crippen LogP) is 5.04. The summed E-state index contributed by atoms with van der Waals surface area (Å²) in [5, 5.41) is 31.0. The summed E-state index contributed by atoms with van der Waals surface area (Å²) in [5.41, 5.74) is -0.806. The Morgan fingerprint density at radius 3 is 2.24 bits per heavy atom. The molecule has 1 heterocycles. The van der Waals surface area contributed by atoms with Gasteiger partial charge in [-0.3, -0.25) is 30.0 Å². The lowest BCUT2D eigenvalue weighted by atomic mass is 9.71. The van der Waals surface area contributed by atoms with Gasteiger partial charge in [0.15, 0.2) is 0 Å². The first-order chi connectivity index (χ1) is 19.6. The molecule has 4 rings (SSSR count). The molecule has 1 fully saturated rings. The molecule has 12 heteroatoms. The molecule has 1 aliphatic rings. The Balaban J connectivity index is 1.58. The molecule has 214 valence electrons. The van der Waals surface area contributed by atoms with Crippen LogP contribution in [0.15, 0.2) is 72.9 Å². The van der Waals surface area contributed by atoms with Crippen molar-refractivity contribution in [1.29, 1.82) is 0 Å². The molecule has 0 saturated heterocycles. The van der Waals surface area contributed by atoms with E-state index >= 15 is 0 Å². The Morgan fingerprint density at radius 2 is 1.61 bits per heavy atom. The van der Waals surface area contributed by atoms with Crippen molar-refractivity contribution in [3.63, 3.8) is 0 Å². The summed E-state index contributed by atoms with van der Waals surface area (Å²) in [4.78, 5) is 53.1. The van der Waals surface area contributed by atoms with Gasteiger partial charge in [-0.2, -0.15) is 0 Å². The maximum atomic E-state index is 13.9. The van der Waals surface area contributed by atoms with Crippen LogP contribution in [0.1, 0.15) is 50.3 Å². The third-order valence-electron chi connectivity index (χ3n) is 7.57. The van der Waals surface area contributed by atoms with E-state index in [9.17, 15) is 29.8 Å². The number of hydrogen-bond acceptors (Lipinski definition) is 7. The number of hydrogen-bond donors (Lipinski definition) is 3. The van der Waals surface area contributed by atoms with Gasteiger partial charge in [0, 0.05) is 59.7 Å². The number of para-hydroxylation sites is 1. The van der Waals surface area contributed by atoms with Gasteiger partial charge in [-0.05, 0) is 44.0 Å². The summed E-state index contributed by atoms with van der Waals surface area (Å²) >= 11 is 0. The minimum Gasteiger partial charge on any atom is -0.353 e. The number of nitrogens with zero attached hydrogens (tertiary/aromatic N) is 3. The van der Waals surface area contributed by atoms with Crippen molar-refractivity contribution in [2.24, 2.45) is 0 Å². The number of pyridine rings is 1. The Morgan fingerprint density at radius 1 is 0.927 bits per heavy atom. The fraction of sp³-hybridized carbons (Fsp3) is 0.345. The van der Waals surface area contributed by atoms with Crippen molar-refractivity contribution in [3.8, 4) is 0 Å². The number of aromatic nitrogens is 1. The third-order valence-corrected chi connectivity index (χ3v) is 7.57. The highest BCUT2D eigenvalue weighted by Gasteiger charge is 2.40. The molecule has 1 aliphatic carbocycles. The number of benzene rings is 2. The van der Waals surface area contributed by atoms with Gasteiger partial charge in [0.25, 0.3) is 11.4 Å². The largest absolute Gasteiger partial charge is 0.353 e. The van der Waals surface area contributed by atoms with Crippen LogP contribution in [0.5, 0.6) is 0 Å². The van der Waals surface area contributed by atoms with Gasteiger partial charge in [-0.25, -0.2) is 4.79 Å². The van der Waals surface area contributed by atoms with Gasteiger partial charge in [-0.1, -0.05) is 43.5 Å². The summed E-state index contributed by atoms with van der Waals surface area (Å²) in [6, 6.07) is 16.3. The van der Waals surface area contributed by atoms with Crippen LogP contribution in [-0.2, 0) is 16.6 Å². The number of nitro benzene ring substituents is 2. The zero-order valence-electron chi connectivity index (χ0n) is 22.7. The number of nitro groups is 2. The number of carbonyl (C=O) groups excluding carboxylic acids is 2. The van der Waals surface area contributed by atoms with Crippen LogP contribution in [-0.4, -0.2) is 38.9 Å². The number of amides is 3. The van der Waals surface area contributed by atoms with Gasteiger partial charge in [0.2, 0.25) is 5.91 Å². The second kappa shape index (κ2) is 12.5. The monoisotopic (exact) mass is 560 g/mol. The Hall–Kier alpha value is -4.87. The first kappa shape index (κ1) is 29.1. The molecule has 1 unspecified atom stereocenters. The first-order valence-corrected chi connectivity index (χ1v) is 13.4. The van der Waals surface area contributed by atoms with E-state index in [1.54, 1.807) is 18.3 Å². The molecule has 0 aliphatic heterocycles. The fourth-order valence-electron chi connectivity index (χ4n) is 5.35. The average Bonchev–Trinajstić information content (AvgIpc) is 2.97. The highest BCUT2D eigenvalue weighted by Crippen LogP contribution is 2.38. The third kappa shape index (κ3) is 7.02. The first-order valence-electron chi connectivity index (χ1n) is 13.4. The quantitative estimate of drug-likeness (QED) is 0.230. The van der Waals surface area contributed by atoms with Gasteiger partial charge >= 0.3 is 6.03 Å². The molecule has 2 aromatic carbocycles. The zero-order valence-corrected chi connectivity index (χ0v) is 22.7. The maximum absolute atomic E-state index is 13.9. The van der Waals surface area contributed by atoms with E-state index in [0.717, 1.165) is 37.8 Å². The Labute approximate surface area is 236 Å². The number of carbonyl (C=O) groups is 2. The normalized spacial score (nSPS) is 15.6. The van der Waals surface area contributed by atoms with Crippen LogP contribution < -0.4 is 16.0 Å². The maximum Gasteiger partial charge on any atom is 0.320 e. The molecular formula is C29H32N6O6. The van der Waals surface area contributed by atoms with E-state index in [0.29, 0.717) is 6.54 Å². The molecule has 1 saturated carbocycles. The van der Waals surface area contributed by atoms with Crippen molar-refractivity contribution in [3.05, 3.63) is 104 Å². The lowest BCUT2D eigenvalue weighted by Gasteiger charge is -2.38. The molecule has 3 amide bonds. The molecule has 1 aromatic heterocycles. The topological polar surface area (TPSA) is 169 Å². The van der Waals surface area contributed by atoms with Gasteiger partial charge in [-0.15, -0.1) is 0 Å². The van der Waals surface area contributed by atoms with Gasteiger partial charge in [0.05, 0.1) is 9.85 Å². The van der Waals surface area contributed by atoms with E-state index in [1.807, 2.05) is 18.2 Å². The van der Waals surface area contributed by atoms with E-state index in [4.69, 9.17) is 0 Å². The number of rotatable bonds is 10. The van der Waals surface area contributed by atoms with E-state index < -0.39 is 27.3 Å². The number of anilines is 1. The van der Waals surface area contributed by atoms with Crippen LogP contribution in [0.2, 0.25) is 0 Å². The average molecular weight is 561 g/mol. The molecular weight excluding hydrogens is 528 g/mol. The van der Waals surface area contributed by atoms with Crippen molar-refractivity contribution in [1.82, 2.24) is 15.6 Å². The van der Waals surface area contributed by atoms with Crippen LogP contribution in [0.4, 0.5) is 21.9 Å². The molecule has 3 N–H and O–H groups in total. The molecule has 3 aromatic rings. The molecule has 0 spiro atoms. The summed E-state index contributed by atoms with van der Waals surface area (Å²) in [6.45, 7) is 1.81. The van der Waals surface area contributed by atoms with Crippen molar-refractivity contribution in [2.75, 3.05) is 11.9 Å². The standard InChI is InChI=1S/C29H32N6O6/c1-28(19-21-9-3-4-10-24(21)35(40)41,33-27(37)32-22-12-14-23(15-13-22)34(38)39)26(36)31-20-29(16-6-2-7-17-29)25-11-5-8-18-30-25/h3-5,8-15,18H,2,6-7,16-17,19-20H2,1H3,(H,31,36)(H2,32,33,37). The lowest BCUT2D eigenvalue weighted by molar-refractivity contribution is -0.385. The van der Waals surface area contributed by atoms with E-state index in [1.165, 1.54) is 43.3 Å². The summed E-state index contributed by atoms with van der Waals surface area (Å²) < 4.78 is 0. The fourth-order valence-corrected chi connectivity index (χ4v) is 5.35. The molecule has 1 atom stereocenters. The number of urea groups is 1. The van der Waals surface area contributed by atoms with Crippen molar-refractivity contribution in [2.45, 2.75) is 56.4 Å². The van der Waals surface area contributed by atoms with Crippen LogP contribution >= 0.6 is 0 Å². The number of non-ortho nitro benzene ring substituents is 1. The SMILES string of the molecule is CC(Cc1ccccc1[N+](=O)[O-])(NC(=O)Nc1ccc([N+](=O)[O-])cc1)C(=O)NCC1(c2ccccn2)CCCCC1. The molecule has 41 heavy (non-hydrogen) atoms. The van der Waals surface area contributed by atoms with Crippen LogP contribution in [0.25, 0.3) is 0 Å². The van der Waals surface area contributed by atoms with Crippen LogP contribution in [0, 0.1) is 20.2 Å². The summed E-state index contributed by atoms with van der Waals surface area (Å²) in [7, 11) is 0. The highest BCUT2D eigenvalue weighted by molar-refractivity contribution is 5.96.